The normalized spacial score (nSPS) is 10.8. The van der Waals surface area contributed by atoms with E-state index in [1.165, 1.54) is 11.8 Å². The van der Waals surface area contributed by atoms with Crippen molar-refractivity contribution in [2.24, 2.45) is 13.0 Å². The Morgan fingerprint density at radius 2 is 2.04 bits per heavy atom. The molecule has 2 N–H and O–H groups in total. The van der Waals surface area contributed by atoms with Crippen LogP contribution in [0.3, 0.4) is 0 Å². The van der Waals surface area contributed by atoms with Gasteiger partial charge >= 0.3 is 0 Å². The molecule has 0 bridgehead atoms. The molecule has 0 unspecified atom stereocenters. The first-order chi connectivity index (χ1) is 11.9. The topological polar surface area (TPSA) is 102 Å². The molecule has 0 aliphatic heterocycles. The van der Waals surface area contributed by atoms with Crippen molar-refractivity contribution >= 4 is 35.0 Å². The standard InChI is InChI=1S/C16H22N6O2S/c1-10(2)15(24)17-12-6-5-11(3)13(9-12)18-14(23)7-8-25-16-19-20-21-22(16)4/h5-6,9-10H,7-8H2,1-4H3,(H,17,24)(H,18,23). The van der Waals surface area contributed by atoms with Gasteiger partial charge in [0.05, 0.1) is 0 Å². The Morgan fingerprint density at radius 3 is 2.68 bits per heavy atom. The minimum Gasteiger partial charge on any atom is -0.326 e. The van der Waals surface area contributed by atoms with Gasteiger partial charge in [-0.15, -0.1) is 5.10 Å². The van der Waals surface area contributed by atoms with E-state index in [2.05, 4.69) is 26.2 Å². The van der Waals surface area contributed by atoms with Crippen molar-refractivity contribution in [3.8, 4) is 0 Å². The molecule has 0 aliphatic carbocycles. The number of benzene rings is 1. The van der Waals surface area contributed by atoms with Crippen LogP contribution in [0, 0.1) is 12.8 Å². The quantitative estimate of drug-likeness (QED) is 0.733. The minimum absolute atomic E-state index is 0.0604. The maximum atomic E-state index is 12.1. The molecule has 0 spiro atoms. The number of anilines is 2. The number of aromatic nitrogens is 4. The van der Waals surface area contributed by atoms with E-state index >= 15 is 0 Å². The minimum atomic E-state index is -0.105. The molecule has 0 saturated heterocycles. The molecule has 2 rings (SSSR count). The SMILES string of the molecule is Cc1ccc(NC(=O)C(C)C)cc1NC(=O)CCSc1nnnn1C. The smallest absolute Gasteiger partial charge is 0.226 e. The highest BCUT2D eigenvalue weighted by atomic mass is 32.2. The van der Waals surface area contributed by atoms with Crippen LogP contribution in [0.15, 0.2) is 23.4 Å². The molecule has 25 heavy (non-hydrogen) atoms. The Labute approximate surface area is 150 Å². The van der Waals surface area contributed by atoms with Gasteiger partial charge in [-0.2, -0.15) is 0 Å². The number of nitrogens with zero attached hydrogens (tertiary/aromatic N) is 4. The van der Waals surface area contributed by atoms with Crippen LogP contribution in [0.4, 0.5) is 11.4 Å². The predicted octanol–water partition coefficient (Wildman–Crippen LogP) is 2.23. The fourth-order valence-electron chi connectivity index (χ4n) is 1.91. The number of rotatable bonds is 7. The monoisotopic (exact) mass is 362 g/mol. The lowest BCUT2D eigenvalue weighted by molar-refractivity contribution is -0.119. The van der Waals surface area contributed by atoms with Crippen molar-refractivity contribution in [1.29, 1.82) is 0 Å². The number of hydrogen-bond donors (Lipinski definition) is 2. The van der Waals surface area contributed by atoms with Crippen molar-refractivity contribution < 1.29 is 9.59 Å². The Bertz CT molecular complexity index is 759. The molecule has 9 heteroatoms. The van der Waals surface area contributed by atoms with Crippen molar-refractivity contribution in [2.45, 2.75) is 32.3 Å². The number of amides is 2. The number of nitrogens with one attached hydrogen (secondary N) is 2. The average Bonchev–Trinajstić information content (AvgIpc) is 2.95. The maximum absolute atomic E-state index is 12.1. The fourth-order valence-corrected chi connectivity index (χ4v) is 2.70. The van der Waals surface area contributed by atoms with E-state index in [9.17, 15) is 9.59 Å². The van der Waals surface area contributed by atoms with E-state index < -0.39 is 0 Å². The van der Waals surface area contributed by atoms with Gasteiger partial charge in [0.1, 0.15) is 0 Å². The summed E-state index contributed by atoms with van der Waals surface area (Å²) in [5, 5.41) is 17.5. The van der Waals surface area contributed by atoms with Gasteiger partial charge in [0.25, 0.3) is 0 Å². The van der Waals surface area contributed by atoms with Crippen LogP contribution in [0.1, 0.15) is 25.8 Å². The summed E-state index contributed by atoms with van der Waals surface area (Å²) in [6.45, 7) is 5.57. The average molecular weight is 362 g/mol. The molecule has 0 saturated carbocycles. The van der Waals surface area contributed by atoms with Gasteiger partial charge in [-0.05, 0) is 35.0 Å². The first-order valence-corrected chi connectivity index (χ1v) is 8.92. The van der Waals surface area contributed by atoms with Gasteiger partial charge in [-0.3, -0.25) is 9.59 Å². The molecule has 2 aromatic rings. The summed E-state index contributed by atoms with van der Waals surface area (Å²) in [5.74, 6) is 0.308. The summed E-state index contributed by atoms with van der Waals surface area (Å²) in [4.78, 5) is 23.9. The summed E-state index contributed by atoms with van der Waals surface area (Å²) < 4.78 is 1.56. The molecule has 0 fully saturated rings. The van der Waals surface area contributed by atoms with E-state index in [0.29, 0.717) is 28.7 Å². The Balaban J connectivity index is 1.91. The summed E-state index contributed by atoms with van der Waals surface area (Å²) >= 11 is 1.42. The molecule has 8 nitrogen and oxygen atoms in total. The van der Waals surface area contributed by atoms with E-state index in [1.807, 2.05) is 32.9 Å². The van der Waals surface area contributed by atoms with Crippen molar-refractivity contribution in [1.82, 2.24) is 20.2 Å². The molecule has 1 aromatic heterocycles. The van der Waals surface area contributed by atoms with Gasteiger partial charge in [0.2, 0.25) is 17.0 Å². The summed E-state index contributed by atoms with van der Waals surface area (Å²) in [6, 6.07) is 5.46. The van der Waals surface area contributed by atoms with Crippen LogP contribution in [-0.4, -0.2) is 37.8 Å². The van der Waals surface area contributed by atoms with E-state index in [1.54, 1.807) is 17.8 Å². The second-order valence-corrected chi connectivity index (χ2v) is 6.97. The number of thioether (sulfide) groups is 1. The zero-order valence-corrected chi connectivity index (χ0v) is 15.6. The summed E-state index contributed by atoms with van der Waals surface area (Å²) in [5.41, 5.74) is 2.29. The van der Waals surface area contributed by atoms with Crippen LogP contribution in [0.25, 0.3) is 0 Å². The predicted molar refractivity (Wildman–Crippen MR) is 97.4 cm³/mol. The van der Waals surface area contributed by atoms with Crippen LogP contribution >= 0.6 is 11.8 Å². The summed E-state index contributed by atoms with van der Waals surface area (Å²) in [6.07, 6.45) is 0.333. The van der Waals surface area contributed by atoms with E-state index in [4.69, 9.17) is 0 Å². The van der Waals surface area contributed by atoms with Gasteiger partial charge < -0.3 is 10.6 Å². The molecule has 1 heterocycles. The Morgan fingerprint density at radius 1 is 1.28 bits per heavy atom. The zero-order chi connectivity index (χ0) is 18.4. The van der Waals surface area contributed by atoms with Gasteiger partial charge in [0, 0.05) is 36.5 Å². The molecular formula is C16H22N6O2S. The molecule has 0 aliphatic rings. The molecule has 2 amide bonds. The number of tetrazole rings is 1. The molecule has 1 aromatic carbocycles. The Hall–Kier alpha value is -2.42. The van der Waals surface area contributed by atoms with Crippen LogP contribution in [-0.2, 0) is 16.6 Å². The van der Waals surface area contributed by atoms with E-state index in [-0.39, 0.29) is 17.7 Å². The highest BCUT2D eigenvalue weighted by Crippen LogP contribution is 2.21. The number of hydrogen-bond acceptors (Lipinski definition) is 6. The lowest BCUT2D eigenvalue weighted by atomic mass is 10.1. The van der Waals surface area contributed by atoms with Crippen molar-refractivity contribution in [2.75, 3.05) is 16.4 Å². The highest BCUT2D eigenvalue weighted by Gasteiger charge is 2.11. The van der Waals surface area contributed by atoms with Gasteiger partial charge in [-0.25, -0.2) is 4.68 Å². The first-order valence-electron chi connectivity index (χ1n) is 7.93. The third kappa shape index (κ3) is 5.56. The van der Waals surface area contributed by atoms with Gasteiger partial charge in [-0.1, -0.05) is 31.7 Å². The second-order valence-electron chi connectivity index (χ2n) is 5.91. The van der Waals surface area contributed by atoms with Crippen LogP contribution in [0.2, 0.25) is 0 Å². The number of carbonyl (C=O) groups excluding carboxylic acids is 2. The second kappa shape index (κ2) is 8.61. The third-order valence-electron chi connectivity index (χ3n) is 3.45. The van der Waals surface area contributed by atoms with Gasteiger partial charge in [0.15, 0.2) is 0 Å². The third-order valence-corrected chi connectivity index (χ3v) is 4.46. The lowest BCUT2D eigenvalue weighted by Gasteiger charge is -2.12. The maximum Gasteiger partial charge on any atom is 0.226 e. The molecule has 0 atom stereocenters. The molecule has 0 radical (unpaired) electrons. The zero-order valence-electron chi connectivity index (χ0n) is 14.7. The first kappa shape index (κ1) is 18.9. The number of carbonyl (C=O) groups is 2. The molecule has 134 valence electrons. The summed E-state index contributed by atoms with van der Waals surface area (Å²) in [7, 11) is 1.75. The largest absolute Gasteiger partial charge is 0.326 e. The Kier molecular flexibility index (Phi) is 6.51. The van der Waals surface area contributed by atoms with Crippen molar-refractivity contribution in [3.05, 3.63) is 23.8 Å². The highest BCUT2D eigenvalue weighted by molar-refractivity contribution is 7.99. The van der Waals surface area contributed by atoms with Crippen LogP contribution < -0.4 is 10.6 Å². The van der Waals surface area contributed by atoms with E-state index in [0.717, 1.165) is 5.56 Å². The van der Waals surface area contributed by atoms with Crippen molar-refractivity contribution in [3.63, 3.8) is 0 Å². The number of aryl methyl sites for hydroxylation is 2. The fraction of sp³-hybridized carbons (Fsp3) is 0.438. The molecular weight excluding hydrogens is 340 g/mol. The van der Waals surface area contributed by atoms with Crippen LogP contribution in [0.5, 0.6) is 0 Å². The lowest BCUT2D eigenvalue weighted by Crippen LogP contribution is -2.18.